The van der Waals surface area contributed by atoms with Gasteiger partial charge in [0.1, 0.15) is 12.4 Å². The SMILES string of the molecule is C=CC(C)(CCC=C(C)C)OCC(=O)c1cc(CCC)c(O)c(CCC)c1. The lowest BCUT2D eigenvalue weighted by Crippen LogP contribution is -2.28. The Bertz CT molecular complexity index is 641. The molecule has 0 saturated heterocycles. The van der Waals surface area contributed by atoms with Gasteiger partial charge in [0.2, 0.25) is 0 Å². The minimum atomic E-state index is -0.531. The van der Waals surface area contributed by atoms with Gasteiger partial charge in [0.25, 0.3) is 0 Å². The predicted molar refractivity (Wildman–Crippen MR) is 114 cm³/mol. The molecule has 3 heteroatoms. The smallest absolute Gasteiger partial charge is 0.188 e. The molecule has 0 spiro atoms. The van der Waals surface area contributed by atoms with E-state index in [1.165, 1.54) is 5.57 Å². The Balaban J connectivity index is 2.91. The summed E-state index contributed by atoms with van der Waals surface area (Å²) in [4.78, 5) is 12.8. The number of rotatable bonds is 12. The minimum absolute atomic E-state index is 0.0131. The molecule has 0 radical (unpaired) electrons. The zero-order chi connectivity index (χ0) is 20.4. The highest BCUT2D eigenvalue weighted by Gasteiger charge is 2.22. The van der Waals surface area contributed by atoms with Crippen LogP contribution in [0, 0.1) is 0 Å². The number of ether oxygens (including phenoxy) is 1. The second-order valence-electron chi connectivity index (χ2n) is 7.69. The van der Waals surface area contributed by atoms with Crippen molar-refractivity contribution in [2.24, 2.45) is 0 Å². The maximum atomic E-state index is 12.8. The Morgan fingerprint density at radius 3 is 2.19 bits per heavy atom. The summed E-state index contributed by atoms with van der Waals surface area (Å²) in [5.74, 6) is 0.286. The van der Waals surface area contributed by atoms with E-state index in [0.717, 1.165) is 49.7 Å². The number of phenols is 1. The molecular weight excluding hydrogens is 336 g/mol. The summed E-state index contributed by atoms with van der Waals surface area (Å²) in [7, 11) is 0. The number of aryl methyl sites for hydroxylation is 2. The quantitative estimate of drug-likeness (QED) is 0.351. The van der Waals surface area contributed by atoms with Gasteiger partial charge in [-0.2, -0.15) is 0 Å². The van der Waals surface area contributed by atoms with E-state index in [0.29, 0.717) is 11.3 Å². The summed E-state index contributed by atoms with van der Waals surface area (Å²) < 4.78 is 5.95. The van der Waals surface area contributed by atoms with Crippen LogP contribution in [0.25, 0.3) is 0 Å². The van der Waals surface area contributed by atoms with Gasteiger partial charge in [-0.25, -0.2) is 0 Å². The largest absolute Gasteiger partial charge is 0.507 e. The number of carbonyl (C=O) groups is 1. The zero-order valence-corrected chi connectivity index (χ0v) is 17.7. The van der Waals surface area contributed by atoms with Crippen LogP contribution in [0.1, 0.15) is 81.8 Å². The first-order valence-corrected chi connectivity index (χ1v) is 10.0. The summed E-state index contributed by atoms with van der Waals surface area (Å²) in [6.45, 7) is 14.1. The fraction of sp³-hybridized carbons (Fsp3) is 0.542. The summed E-state index contributed by atoms with van der Waals surface area (Å²) in [6, 6.07) is 3.64. The van der Waals surface area contributed by atoms with Crippen LogP contribution in [-0.2, 0) is 17.6 Å². The van der Waals surface area contributed by atoms with Gasteiger partial charge in [-0.05, 0) is 69.7 Å². The molecule has 1 N–H and O–H groups in total. The molecule has 0 aliphatic carbocycles. The van der Waals surface area contributed by atoms with Crippen LogP contribution in [0.15, 0.2) is 36.4 Å². The lowest BCUT2D eigenvalue weighted by molar-refractivity contribution is 0.00576. The Morgan fingerprint density at radius 1 is 1.19 bits per heavy atom. The van der Waals surface area contributed by atoms with Crippen molar-refractivity contribution in [1.29, 1.82) is 0 Å². The Morgan fingerprint density at radius 2 is 1.74 bits per heavy atom. The molecule has 1 aromatic rings. The molecule has 3 nitrogen and oxygen atoms in total. The first-order chi connectivity index (χ1) is 12.8. The standard InChI is InChI=1S/C24H36O3/c1-7-11-19-15-21(16-20(12-8-2)23(19)26)22(25)17-27-24(6,9-3)14-10-13-18(4)5/h9,13,15-16,26H,3,7-8,10-12,14,17H2,1-2,4-6H3. The second kappa shape index (κ2) is 11.1. The number of benzene rings is 1. The third-order valence-corrected chi connectivity index (χ3v) is 4.79. The summed E-state index contributed by atoms with van der Waals surface area (Å²) in [6.07, 6.45) is 8.99. The molecule has 0 aliphatic heterocycles. The molecule has 0 fully saturated rings. The normalized spacial score (nSPS) is 13.1. The van der Waals surface area contributed by atoms with Gasteiger partial charge < -0.3 is 9.84 Å². The first kappa shape index (κ1) is 23.2. The van der Waals surface area contributed by atoms with Crippen LogP contribution in [0.4, 0.5) is 0 Å². The molecule has 0 saturated carbocycles. The third kappa shape index (κ3) is 7.34. The monoisotopic (exact) mass is 372 g/mol. The second-order valence-corrected chi connectivity index (χ2v) is 7.69. The Labute approximate surface area is 165 Å². The van der Waals surface area contributed by atoms with Crippen molar-refractivity contribution in [3.63, 3.8) is 0 Å². The maximum absolute atomic E-state index is 12.8. The number of ketones is 1. The van der Waals surface area contributed by atoms with Gasteiger partial charge in [0, 0.05) is 5.56 Å². The fourth-order valence-corrected chi connectivity index (χ4v) is 3.04. The molecule has 0 aromatic heterocycles. The average molecular weight is 373 g/mol. The first-order valence-electron chi connectivity index (χ1n) is 10.0. The van der Waals surface area contributed by atoms with E-state index < -0.39 is 5.60 Å². The van der Waals surface area contributed by atoms with E-state index in [9.17, 15) is 9.90 Å². The van der Waals surface area contributed by atoms with E-state index >= 15 is 0 Å². The molecule has 27 heavy (non-hydrogen) atoms. The molecule has 1 rings (SSSR count). The van der Waals surface area contributed by atoms with Gasteiger partial charge in [-0.15, -0.1) is 6.58 Å². The molecule has 1 aromatic carbocycles. The number of carbonyl (C=O) groups excluding carboxylic acids is 1. The van der Waals surface area contributed by atoms with Gasteiger partial charge in [0.15, 0.2) is 5.78 Å². The lowest BCUT2D eigenvalue weighted by Gasteiger charge is -2.25. The number of hydrogen-bond donors (Lipinski definition) is 1. The fourth-order valence-electron chi connectivity index (χ4n) is 3.04. The van der Waals surface area contributed by atoms with Crippen LogP contribution in [0.3, 0.4) is 0 Å². The van der Waals surface area contributed by atoms with Gasteiger partial charge in [-0.3, -0.25) is 4.79 Å². The zero-order valence-electron chi connectivity index (χ0n) is 17.7. The lowest BCUT2D eigenvalue weighted by atomic mass is 9.96. The highest BCUT2D eigenvalue weighted by Crippen LogP contribution is 2.28. The maximum Gasteiger partial charge on any atom is 0.188 e. The van der Waals surface area contributed by atoms with Gasteiger partial charge >= 0.3 is 0 Å². The highest BCUT2D eigenvalue weighted by molar-refractivity contribution is 5.97. The Hall–Kier alpha value is -1.87. The Kier molecular flexibility index (Phi) is 9.51. The topological polar surface area (TPSA) is 46.5 Å². The predicted octanol–water partition coefficient (Wildman–Crippen LogP) is 6.19. The van der Waals surface area contributed by atoms with Crippen molar-refractivity contribution in [3.05, 3.63) is 53.1 Å². The van der Waals surface area contributed by atoms with E-state index in [-0.39, 0.29) is 12.4 Å². The number of aromatic hydroxyl groups is 1. The molecule has 0 amide bonds. The van der Waals surface area contributed by atoms with Crippen molar-refractivity contribution >= 4 is 5.78 Å². The van der Waals surface area contributed by atoms with Crippen molar-refractivity contribution < 1.29 is 14.6 Å². The van der Waals surface area contributed by atoms with Gasteiger partial charge in [0.05, 0.1) is 5.60 Å². The van der Waals surface area contributed by atoms with Crippen molar-refractivity contribution in [1.82, 2.24) is 0 Å². The van der Waals surface area contributed by atoms with E-state index in [4.69, 9.17) is 4.74 Å². The highest BCUT2D eigenvalue weighted by atomic mass is 16.5. The molecule has 150 valence electrons. The molecule has 0 heterocycles. The molecular formula is C24H36O3. The number of hydrogen-bond acceptors (Lipinski definition) is 3. The summed E-state index contributed by atoms with van der Waals surface area (Å²) in [5, 5.41) is 10.4. The number of phenolic OH excluding ortho intramolecular Hbond substituents is 1. The van der Waals surface area contributed by atoms with Gasteiger partial charge in [-0.1, -0.05) is 44.4 Å². The summed E-state index contributed by atoms with van der Waals surface area (Å²) in [5.41, 5.74) is 3.06. The van der Waals surface area contributed by atoms with E-state index in [1.54, 1.807) is 6.08 Å². The number of allylic oxidation sites excluding steroid dienone is 2. The van der Waals surface area contributed by atoms with Crippen LogP contribution in [0.2, 0.25) is 0 Å². The van der Waals surface area contributed by atoms with Crippen LogP contribution in [0.5, 0.6) is 5.75 Å². The van der Waals surface area contributed by atoms with Crippen molar-refractivity contribution in [3.8, 4) is 5.75 Å². The van der Waals surface area contributed by atoms with Crippen molar-refractivity contribution in [2.75, 3.05) is 6.61 Å². The summed E-state index contributed by atoms with van der Waals surface area (Å²) >= 11 is 0. The molecule has 0 bridgehead atoms. The average Bonchev–Trinajstić information content (AvgIpc) is 2.63. The number of Topliss-reactive ketones (excluding diaryl/α,β-unsaturated/α-hetero) is 1. The van der Waals surface area contributed by atoms with Crippen molar-refractivity contribution in [2.45, 2.75) is 78.7 Å². The molecule has 0 aliphatic rings. The van der Waals surface area contributed by atoms with Crippen LogP contribution >= 0.6 is 0 Å². The van der Waals surface area contributed by atoms with Crippen LogP contribution < -0.4 is 0 Å². The minimum Gasteiger partial charge on any atom is -0.507 e. The molecule has 1 unspecified atom stereocenters. The molecule has 1 atom stereocenters. The van der Waals surface area contributed by atoms with E-state index in [1.807, 2.05) is 19.1 Å². The van der Waals surface area contributed by atoms with Crippen LogP contribution in [-0.4, -0.2) is 23.1 Å². The van der Waals surface area contributed by atoms with E-state index in [2.05, 4.69) is 40.3 Å². The third-order valence-electron chi connectivity index (χ3n) is 4.79.